The van der Waals surface area contributed by atoms with Crippen LogP contribution in [0.3, 0.4) is 0 Å². The number of carboxylic acid groups (broad SMARTS) is 2. The number of fused-ring (bicyclic) bond motifs is 1. The first kappa shape index (κ1) is 41.9. The third-order valence-electron chi connectivity index (χ3n) is 7.90. The number of aromatic hydroxyl groups is 1. The van der Waals surface area contributed by atoms with Gasteiger partial charge in [-0.1, -0.05) is 6.07 Å². The van der Waals surface area contributed by atoms with Crippen LogP contribution in [0.1, 0.15) is 39.2 Å². The number of carbonyl (C=O) groups excluding carboxylic acids is 6. The van der Waals surface area contributed by atoms with Crippen LogP contribution in [0.15, 0.2) is 30.4 Å². The smallest absolute Gasteiger partial charge is 0.410 e. The molecule has 0 fully saturated rings. The van der Waals surface area contributed by atoms with E-state index in [0.29, 0.717) is 16.0 Å². The Kier molecular flexibility index (Phi) is 15.6. The van der Waals surface area contributed by atoms with E-state index in [1.54, 1.807) is 0 Å². The molecule has 1 aromatic heterocycles. The lowest BCUT2D eigenvalue weighted by atomic mass is 10.0. The summed E-state index contributed by atoms with van der Waals surface area (Å²) in [6, 6.07) is 4.20. The van der Waals surface area contributed by atoms with Crippen molar-refractivity contribution in [2.24, 2.45) is 0 Å². The van der Waals surface area contributed by atoms with Crippen molar-refractivity contribution in [3.8, 4) is 5.75 Å². The van der Waals surface area contributed by atoms with E-state index in [1.807, 2.05) is 0 Å². The Hall–Kier alpha value is -5.90. The fourth-order valence-electron chi connectivity index (χ4n) is 5.17. The van der Waals surface area contributed by atoms with Gasteiger partial charge in [0.1, 0.15) is 17.4 Å². The number of amides is 6. The summed E-state index contributed by atoms with van der Waals surface area (Å²) in [7, 11) is 0. The molecule has 0 saturated heterocycles. The predicted octanol–water partition coefficient (Wildman–Crippen LogP) is 0.680. The van der Waals surface area contributed by atoms with Crippen LogP contribution in [-0.2, 0) is 67.3 Å². The molecular weight excluding hydrogens is 750 g/mol. The Morgan fingerprint density at radius 1 is 0.836 bits per heavy atom. The fraction of sp³-hybridized carbons (Fsp3) is 0.412. The van der Waals surface area contributed by atoms with Crippen LogP contribution >= 0.6 is 11.3 Å². The zero-order valence-corrected chi connectivity index (χ0v) is 30.1. The van der Waals surface area contributed by atoms with Crippen molar-refractivity contribution in [1.82, 2.24) is 15.1 Å². The molecule has 0 aliphatic carbocycles. The van der Waals surface area contributed by atoms with Gasteiger partial charge in [-0.05, 0) is 29.7 Å². The van der Waals surface area contributed by atoms with E-state index in [-0.39, 0.29) is 131 Å². The first-order valence-corrected chi connectivity index (χ1v) is 17.6. The lowest BCUT2D eigenvalue weighted by Gasteiger charge is -2.26. The number of aliphatic carboxylic acids is 1. The highest BCUT2D eigenvalue weighted by Crippen LogP contribution is 2.37. The lowest BCUT2D eigenvalue weighted by molar-refractivity contribution is -0.147. The van der Waals surface area contributed by atoms with Crippen LogP contribution in [0.5, 0.6) is 5.75 Å². The number of benzene rings is 1. The lowest BCUT2D eigenvalue weighted by Crippen LogP contribution is -2.36. The molecule has 0 unspecified atom stereocenters. The summed E-state index contributed by atoms with van der Waals surface area (Å²) in [6.45, 7) is 1.38. The molecule has 3 heterocycles. The van der Waals surface area contributed by atoms with E-state index < -0.39 is 29.8 Å². The predicted molar refractivity (Wildman–Crippen MR) is 189 cm³/mol. The number of hydrogen-bond acceptors (Lipinski definition) is 14. The van der Waals surface area contributed by atoms with E-state index in [4.69, 9.17) is 24.1 Å². The molecule has 20 nitrogen and oxygen atoms in total. The Labute approximate surface area is 316 Å². The van der Waals surface area contributed by atoms with Gasteiger partial charge in [-0.25, -0.2) is 14.4 Å². The number of thiophene rings is 1. The van der Waals surface area contributed by atoms with Gasteiger partial charge in [-0.2, -0.15) is 0 Å². The topological polar surface area (TPSA) is 277 Å². The summed E-state index contributed by atoms with van der Waals surface area (Å²) in [5.41, 5.74) is 0.644. The van der Waals surface area contributed by atoms with Crippen molar-refractivity contribution in [1.29, 1.82) is 0 Å². The van der Waals surface area contributed by atoms with Gasteiger partial charge in [0, 0.05) is 43.0 Å². The van der Waals surface area contributed by atoms with Crippen LogP contribution in [0, 0.1) is 0 Å². The summed E-state index contributed by atoms with van der Waals surface area (Å²) in [4.78, 5) is 97.6. The van der Waals surface area contributed by atoms with Crippen molar-refractivity contribution < 1.29 is 72.6 Å². The molecular formula is C34H39N5O15S. The molecule has 0 saturated carbocycles. The molecule has 296 valence electrons. The van der Waals surface area contributed by atoms with Gasteiger partial charge in [0.15, 0.2) is 0 Å². The van der Waals surface area contributed by atoms with E-state index in [2.05, 4.69) is 16.0 Å². The van der Waals surface area contributed by atoms with Crippen LogP contribution in [0.4, 0.5) is 15.5 Å². The highest BCUT2D eigenvalue weighted by atomic mass is 32.1. The number of hydrogen-bond donors (Lipinski definition) is 6. The maximum Gasteiger partial charge on any atom is 0.410 e. The molecule has 1 aromatic carbocycles. The normalized spacial score (nSPS) is 13.4. The minimum Gasteiger partial charge on any atom is -0.506 e. The Balaban J connectivity index is 1.08. The van der Waals surface area contributed by atoms with Gasteiger partial charge in [0.05, 0.1) is 64.0 Å². The van der Waals surface area contributed by atoms with Crippen molar-refractivity contribution in [3.05, 3.63) is 51.9 Å². The zero-order valence-electron chi connectivity index (χ0n) is 29.3. The summed E-state index contributed by atoms with van der Waals surface area (Å²) < 4.78 is 21.5. The highest BCUT2D eigenvalue weighted by molar-refractivity contribution is 7.17. The number of nitrogens with zero attached hydrogens (tertiary/aromatic N) is 2. The van der Waals surface area contributed by atoms with Gasteiger partial charge in [0.2, 0.25) is 11.8 Å². The van der Waals surface area contributed by atoms with Crippen molar-refractivity contribution in [2.45, 2.75) is 32.4 Å². The van der Waals surface area contributed by atoms with Crippen LogP contribution in [-0.4, -0.2) is 132 Å². The Morgan fingerprint density at radius 3 is 2.18 bits per heavy atom. The SMILES string of the molecule is O=C(CCOCCOCCOCCN1C(=O)C=CC1=O)NCCC(=O)Nc1cc(COC(=O)N2CCc3c(sc(NC(=O)C(=O)O)c3C(=O)O)C2)ccc1O. The van der Waals surface area contributed by atoms with Gasteiger partial charge in [-0.15, -0.1) is 11.3 Å². The quantitative estimate of drug-likeness (QED) is 0.0466. The molecule has 2 aliphatic heterocycles. The largest absolute Gasteiger partial charge is 0.506 e. The number of phenols is 1. The number of rotatable bonds is 20. The number of anilines is 2. The maximum absolute atomic E-state index is 12.8. The van der Waals surface area contributed by atoms with Crippen molar-refractivity contribution >= 4 is 69.6 Å². The van der Waals surface area contributed by atoms with Crippen molar-refractivity contribution in [3.63, 3.8) is 0 Å². The molecule has 2 aliphatic rings. The number of carboxylic acids is 2. The van der Waals surface area contributed by atoms with Gasteiger partial charge in [-0.3, -0.25) is 28.9 Å². The molecule has 6 amide bonds. The second kappa shape index (κ2) is 20.5. The number of nitrogens with one attached hydrogen (secondary N) is 3. The Morgan fingerprint density at radius 2 is 1.51 bits per heavy atom. The van der Waals surface area contributed by atoms with Crippen LogP contribution in [0.2, 0.25) is 0 Å². The molecule has 0 atom stereocenters. The summed E-state index contributed by atoms with van der Waals surface area (Å²) in [5.74, 6) is -6.33. The average molecular weight is 790 g/mol. The molecule has 0 radical (unpaired) electrons. The van der Waals surface area contributed by atoms with Gasteiger partial charge < -0.3 is 55.1 Å². The minimum absolute atomic E-state index is 0.0195. The number of ether oxygens (including phenoxy) is 4. The van der Waals surface area contributed by atoms with E-state index in [1.165, 1.54) is 35.3 Å². The van der Waals surface area contributed by atoms with E-state index >= 15 is 0 Å². The summed E-state index contributed by atoms with van der Waals surface area (Å²) in [6.07, 6.45) is 1.75. The standard InChI is InChI=1S/C34H39N5O15S/c40-23-2-1-20(19-54-34(50)38-9-6-21-24(18-38)55-31(29(21)32(46)47)37-30(45)33(48)49)17-22(23)36-26(42)5-8-35-25(41)7-11-51-13-15-53-16-14-52-12-10-39-27(43)3-4-28(39)44/h1-4,17,40H,5-16,18-19H2,(H,35,41)(H,36,42)(H,37,45)(H,46,47)(H,48,49). The number of phenolic OH excluding ortho intramolecular Hbond substituents is 1. The molecule has 21 heteroatoms. The monoisotopic (exact) mass is 789 g/mol. The first-order valence-electron chi connectivity index (χ1n) is 16.8. The summed E-state index contributed by atoms with van der Waals surface area (Å²) >= 11 is 0.855. The van der Waals surface area contributed by atoms with Gasteiger partial charge >= 0.3 is 23.9 Å². The third kappa shape index (κ3) is 12.6. The molecule has 55 heavy (non-hydrogen) atoms. The van der Waals surface area contributed by atoms with Crippen LogP contribution in [0.25, 0.3) is 0 Å². The van der Waals surface area contributed by atoms with E-state index in [9.17, 15) is 48.6 Å². The van der Waals surface area contributed by atoms with Crippen LogP contribution < -0.4 is 16.0 Å². The maximum atomic E-state index is 12.8. The van der Waals surface area contributed by atoms with Gasteiger partial charge in [0.25, 0.3) is 11.8 Å². The summed E-state index contributed by atoms with van der Waals surface area (Å²) in [5, 5.41) is 35.8. The highest BCUT2D eigenvalue weighted by Gasteiger charge is 2.31. The van der Waals surface area contributed by atoms with E-state index in [0.717, 1.165) is 16.2 Å². The number of aromatic carboxylic acids is 1. The molecule has 0 bridgehead atoms. The average Bonchev–Trinajstić information content (AvgIpc) is 3.67. The third-order valence-corrected chi connectivity index (χ3v) is 9.03. The Bertz CT molecular complexity index is 1810. The molecule has 6 N–H and O–H groups in total. The number of carbonyl (C=O) groups is 8. The number of imide groups is 1. The molecule has 2 aromatic rings. The molecule has 0 spiro atoms. The second-order valence-corrected chi connectivity index (χ2v) is 12.9. The van der Waals surface area contributed by atoms with Crippen molar-refractivity contribution in [2.75, 3.05) is 69.9 Å². The zero-order chi connectivity index (χ0) is 39.9. The fourth-order valence-corrected chi connectivity index (χ4v) is 6.42. The molecule has 4 rings (SSSR count). The minimum atomic E-state index is -1.78. The first-order chi connectivity index (χ1) is 26.3. The second-order valence-electron chi connectivity index (χ2n) is 11.7.